The lowest BCUT2D eigenvalue weighted by Gasteiger charge is -2.44. The van der Waals surface area contributed by atoms with Crippen molar-refractivity contribution in [1.82, 2.24) is 10.2 Å². The van der Waals surface area contributed by atoms with E-state index in [9.17, 15) is 5.26 Å². The molecule has 4 nitrogen and oxygen atoms in total. The maximum absolute atomic E-state index is 9.55. The summed E-state index contributed by atoms with van der Waals surface area (Å²) in [4.78, 5) is 2.61. The molecule has 3 rings (SSSR count). The molecule has 19 heavy (non-hydrogen) atoms. The van der Waals surface area contributed by atoms with Crippen molar-refractivity contribution in [1.29, 1.82) is 5.26 Å². The van der Waals surface area contributed by atoms with Gasteiger partial charge in [-0.2, -0.15) is 5.26 Å². The first-order valence-corrected chi connectivity index (χ1v) is 7.80. The van der Waals surface area contributed by atoms with Crippen LogP contribution in [0.4, 0.5) is 0 Å². The molecule has 3 aliphatic rings. The van der Waals surface area contributed by atoms with Crippen LogP contribution >= 0.6 is 0 Å². The molecule has 1 N–H and O–H groups in total. The van der Waals surface area contributed by atoms with Crippen LogP contribution in [0.3, 0.4) is 0 Å². The maximum atomic E-state index is 9.55. The van der Waals surface area contributed by atoms with E-state index in [1.807, 2.05) is 0 Å². The van der Waals surface area contributed by atoms with Gasteiger partial charge in [0, 0.05) is 19.1 Å². The Balaban J connectivity index is 1.66. The van der Waals surface area contributed by atoms with E-state index >= 15 is 0 Å². The van der Waals surface area contributed by atoms with E-state index in [4.69, 9.17) is 4.74 Å². The molecule has 0 radical (unpaired) electrons. The van der Waals surface area contributed by atoms with Gasteiger partial charge in [-0.1, -0.05) is 6.92 Å². The van der Waals surface area contributed by atoms with Gasteiger partial charge in [0.05, 0.1) is 18.3 Å². The number of hydrogen-bond acceptors (Lipinski definition) is 4. The number of nitriles is 1. The lowest BCUT2D eigenvalue weighted by molar-refractivity contribution is -0.0608. The Hall–Kier alpha value is -0.630. The summed E-state index contributed by atoms with van der Waals surface area (Å²) in [7, 11) is 0. The molecule has 0 aromatic rings. The molecule has 1 aliphatic carbocycles. The first-order chi connectivity index (χ1) is 9.24. The quantitative estimate of drug-likeness (QED) is 0.841. The SMILES string of the molecule is CCNC1(C#N)CCCC(N2CC3CCC(C2)O3)C1. The van der Waals surface area contributed by atoms with E-state index in [0.29, 0.717) is 18.2 Å². The van der Waals surface area contributed by atoms with E-state index in [0.717, 1.165) is 38.9 Å². The van der Waals surface area contributed by atoms with Crippen LogP contribution in [-0.2, 0) is 4.74 Å². The number of fused-ring (bicyclic) bond motifs is 2. The monoisotopic (exact) mass is 263 g/mol. The van der Waals surface area contributed by atoms with Gasteiger partial charge in [0.1, 0.15) is 5.54 Å². The number of nitrogens with one attached hydrogen (secondary N) is 1. The third kappa shape index (κ3) is 2.65. The minimum atomic E-state index is -0.283. The van der Waals surface area contributed by atoms with Crippen LogP contribution in [0.2, 0.25) is 0 Å². The van der Waals surface area contributed by atoms with Gasteiger partial charge in [-0.15, -0.1) is 0 Å². The molecule has 2 heterocycles. The summed E-state index contributed by atoms with van der Waals surface area (Å²) in [5.41, 5.74) is -0.283. The first-order valence-electron chi connectivity index (χ1n) is 7.80. The van der Waals surface area contributed by atoms with Crippen LogP contribution < -0.4 is 5.32 Å². The number of rotatable bonds is 3. The van der Waals surface area contributed by atoms with Crippen molar-refractivity contribution in [2.24, 2.45) is 0 Å². The molecule has 106 valence electrons. The van der Waals surface area contributed by atoms with Crippen LogP contribution in [0.1, 0.15) is 45.4 Å². The Kier molecular flexibility index (Phi) is 3.79. The first kappa shape index (κ1) is 13.4. The lowest BCUT2D eigenvalue weighted by atomic mass is 9.79. The molecule has 2 bridgehead atoms. The average molecular weight is 263 g/mol. The Morgan fingerprint density at radius 3 is 2.68 bits per heavy atom. The topological polar surface area (TPSA) is 48.3 Å². The molecule has 0 amide bonds. The maximum Gasteiger partial charge on any atom is 0.108 e. The van der Waals surface area contributed by atoms with Crippen molar-refractivity contribution in [3.63, 3.8) is 0 Å². The highest BCUT2D eigenvalue weighted by molar-refractivity contribution is 5.11. The zero-order valence-corrected chi connectivity index (χ0v) is 11.9. The van der Waals surface area contributed by atoms with Gasteiger partial charge in [0.2, 0.25) is 0 Å². The van der Waals surface area contributed by atoms with E-state index in [1.165, 1.54) is 19.3 Å². The van der Waals surface area contributed by atoms with Crippen LogP contribution in [0.5, 0.6) is 0 Å². The van der Waals surface area contributed by atoms with Gasteiger partial charge in [0.15, 0.2) is 0 Å². The molecular formula is C15H25N3O. The molecule has 3 fully saturated rings. The molecule has 4 atom stereocenters. The third-order valence-corrected chi connectivity index (χ3v) is 5.04. The van der Waals surface area contributed by atoms with Crippen LogP contribution in [-0.4, -0.2) is 48.3 Å². The van der Waals surface area contributed by atoms with Gasteiger partial charge >= 0.3 is 0 Å². The summed E-state index contributed by atoms with van der Waals surface area (Å²) in [5.74, 6) is 0. The van der Waals surface area contributed by atoms with Crippen molar-refractivity contribution in [2.45, 2.75) is 69.2 Å². The predicted octanol–water partition coefficient (Wildman–Crippen LogP) is 1.66. The standard InChI is InChI=1S/C15H25N3O/c1-2-17-15(11-16)7-3-4-12(8-15)18-9-13-5-6-14(10-18)19-13/h12-14,17H,2-10H2,1H3. The molecule has 0 spiro atoms. The second kappa shape index (κ2) is 5.40. The van der Waals surface area contributed by atoms with Crippen molar-refractivity contribution in [3.05, 3.63) is 0 Å². The average Bonchev–Trinajstić information content (AvgIpc) is 2.78. The van der Waals surface area contributed by atoms with E-state index in [-0.39, 0.29) is 5.54 Å². The van der Waals surface area contributed by atoms with Crippen LogP contribution in [0.25, 0.3) is 0 Å². The van der Waals surface area contributed by atoms with E-state index in [2.05, 4.69) is 23.2 Å². The lowest BCUT2D eigenvalue weighted by Crippen LogP contribution is -2.56. The second-order valence-corrected chi connectivity index (χ2v) is 6.39. The molecule has 4 unspecified atom stereocenters. The van der Waals surface area contributed by atoms with Gasteiger partial charge in [-0.3, -0.25) is 10.2 Å². The Labute approximate surface area is 116 Å². The molecular weight excluding hydrogens is 238 g/mol. The van der Waals surface area contributed by atoms with Crippen molar-refractivity contribution in [2.75, 3.05) is 19.6 Å². The molecule has 2 aliphatic heterocycles. The molecule has 2 saturated heterocycles. The largest absolute Gasteiger partial charge is 0.372 e. The van der Waals surface area contributed by atoms with Crippen molar-refractivity contribution < 1.29 is 4.74 Å². The molecule has 0 aromatic carbocycles. The molecule has 4 heteroatoms. The summed E-state index contributed by atoms with van der Waals surface area (Å²) in [6.07, 6.45) is 7.76. The highest BCUT2D eigenvalue weighted by Gasteiger charge is 2.42. The minimum Gasteiger partial charge on any atom is -0.372 e. The Morgan fingerprint density at radius 1 is 1.32 bits per heavy atom. The summed E-state index contributed by atoms with van der Waals surface area (Å²) in [6, 6.07) is 3.13. The predicted molar refractivity (Wildman–Crippen MR) is 73.7 cm³/mol. The van der Waals surface area contributed by atoms with E-state index < -0.39 is 0 Å². The van der Waals surface area contributed by atoms with Crippen molar-refractivity contribution in [3.8, 4) is 6.07 Å². The summed E-state index contributed by atoms with van der Waals surface area (Å²) >= 11 is 0. The summed E-state index contributed by atoms with van der Waals surface area (Å²) in [6.45, 7) is 5.13. The number of ether oxygens (including phenoxy) is 1. The third-order valence-electron chi connectivity index (χ3n) is 5.04. The Morgan fingerprint density at radius 2 is 2.05 bits per heavy atom. The molecule has 1 saturated carbocycles. The van der Waals surface area contributed by atoms with Crippen LogP contribution in [0.15, 0.2) is 0 Å². The summed E-state index contributed by atoms with van der Waals surface area (Å²) < 4.78 is 5.92. The van der Waals surface area contributed by atoms with Crippen LogP contribution in [0, 0.1) is 11.3 Å². The van der Waals surface area contributed by atoms with E-state index in [1.54, 1.807) is 0 Å². The zero-order chi connectivity index (χ0) is 13.3. The smallest absolute Gasteiger partial charge is 0.108 e. The van der Waals surface area contributed by atoms with Crippen molar-refractivity contribution >= 4 is 0 Å². The molecule has 0 aromatic heterocycles. The number of nitrogens with zero attached hydrogens (tertiary/aromatic N) is 2. The number of morpholine rings is 1. The fourth-order valence-electron chi connectivity index (χ4n) is 4.14. The minimum absolute atomic E-state index is 0.283. The number of likely N-dealkylation sites (tertiary alicyclic amines) is 1. The van der Waals surface area contributed by atoms with Gasteiger partial charge in [-0.05, 0) is 45.1 Å². The Bertz CT molecular complexity index is 351. The normalized spacial score (nSPS) is 43.1. The second-order valence-electron chi connectivity index (χ2n) is 6.39. The highest BCUT2D eigenvalue weighted by atomic mass is 16.5. The zero-order valence-electron chi connectivity index (χ0n) is 11.9. The summed E-state index contributed by atoms with van der Waals surface area (Å²) in [5, 5.41) is 13.0. The number of hydrogen-bond donors (Lipinski definition) is 1. The van der Waals surface area contributed by atoms with Gasteiger partial charge in [0.25, 0.3) is 0 Å². The highest BCUT2D eigenvalue weighted by Crippen LogP contribution is 2.35. The van der Waals surface area contributed by atoms with Gasteiger partial charge < -0.3 is 4.74 Å². The fraction of sp³-hybridized carbons (Fsp3) is 0.933. The van der Waals surface area contributed by atoms with Gasteiger partial charge in [-0.25, -0.2) is 0 Å². The fourth-order valence-corrected chi connectivity index (χ4v) is 4.14.